The van der Waals surface area contributed by atoms with E-state index in [1.54, 1.807) is 30.3 Å². The summed E-state index contributed by atoms with van der Waals surface area (Å²) in [5.41, 5.74) is 4.82. The highest BCUT2D eigenvalue weighted by atomic mass is 35.5. The van der Waals surface area contributed by atoms with Crippen LogP contribution in [0.25, 0.3) is 10.9 Å². The quantitative estimate of drug-likeness (QED) is 0.422. The summed E-state index contributed by atoms with van der Waals surface area (Å²) in [4.78, 5) is 25.6. The molecule has 0 saturated carbocycles. The number of aromatic amines is 1. The van der Waals surface area contributed by atoms with Crippen LogP contribution in [0.4, 0.5) is 5.69 Å². The summed E-state index contributed by atoms with van der Waals surface area (Å²) in [5, 5.41) is 16.0. The summed E-state index contributed by atoms with van der Waals surface area (Å²) in [6.07, 6.45) is 1.35. The SMILES string of the molecule is Cc1c(C(=O)NN=Cc2cccc([N+](=O)[O-])c2)[nH]c2ccc(Cl)cc12. The van der Waals surface area contributed by atoms with Crippen molar-refractivity contribution in [3.05, 3.63) is 74.4 Å². The van der Waals surface area contributed by atoms with Crippen molar-refractivity contribution in [3.8, 4) is 0 Å². The van der Waals surface area contributed by atoms with E-state index in [1.165, 1.54) is 18.3 Å². The number of carbonyl (C=O) groups excluding carboxylic acids is 1. The summed E-state index contributed by atoms with van der Waals surface area (Å²) in [6.45, 7) is 1.81. The minimum absolute atomic E-state index is 0.0429. The van der Waals surface area contributed by atoms with Crippen molar-refractivity contribution in [2.24, 2.45) is 5.10 Å². The molecule has 0 aliphatic carbocycles. The van der Waals surface area contributed by atoms with Crippen LogP contribution in [0.1, 0.15) is 21.6 Å². The Balaban J connectivity index is 1.78. The number of hydrazone groups is 1. The summed E-state index contributed by atoms with van der Waals surface area (Å²) >= 11 is 5.98. The van der Waals surface area contributed by atoms with Gasteiger partial charge in [-0.05, 0) is 30.7 Å². The molecule has 1 amide bonds. The molecule has 7 nitrogen and oxygen atoms in total. The Labute approximate surface area is 147 Å². The lowest BCUT2D eigenvalue weighted by atomic mass is 10.1. The van der Waals surface area contributed by atoms with Gasteiger partial charge in [0.2, 0.25) is 0 Å². The highest BCUT2D eigenvalue weighted by Crippen LogP contribution is 2.24. The van der Waals surface area contributed by atoms with E-state index in [1.807, 2.05) is 6.92 Å². The molecule has 0 unspecified atom stereocenters. The van der Waals surface area contributed by atoms with Crippen LogP contribution in [0, 0.1) is 17.0 Å². The zero-order valence-corrected chi connectivity index (χ0v) is 13.9. The average Bonchev–Trinajstić information content (AvgIpc) is 2.91. The zero-order valence-electron chi connectivity index (χ0n) is 13.1. The van der Waals surface area contributed by atoms with Gasteiger partial charge < -0.3 is 4.98 Å². The second-order valence-electron chi connectivity index (χ2n) is 5.37. The van der Waals surface area contributed by atoms with Crippen LogP contribution in [-0.4, -0.2) is 22.0 Å². The molecule has 3 rings (SSSR count). The predicted molar refractivity (Wildman–Crippen MR) is 96.2 cm³/mol. The maximum absolute atomic E-state index is 12.3. The van der Waals surface area contributed by atoms with Crippen LogP contribution >= 0.6 is 11.6 Å². The second-order valence-corrected chi connectivity index (χ2v) is 5.80. The van der Waals surface area contributed by atoms with Crippen LogP contribution in [0.15, 0.2) is 47.6 Å². The van der Waals surface area contributed by atoms with E-state index in [0.717, 1.165) is 16.5 Å². The first-order valence-electron chi connectivity index (χ1n) is 7.31. The summed E-state index contributed by atoms with van der Waals surface area (Å²) < 4.78 is 0. The van der Waals surface area contributed by atoms with E-state index in [4.69, 9.17) is 11.6 Å². The van der Waals surface area contributed by atoms with Gasteiger partial charge in [-0.2, -0.15) is 5.10 Å². The zero-order chi connectivity index (χ0) is 18.0. The van der Waals surface area contributed by atoms with Crippen molar-refractivity contribution < 1.29 is 9.72 Å². The van der Waals surface area contributed by atoms with Crippen molar-refractivity contribution in [3.63, 3.8) is 0 Å². The van der Waals surface area contributed by atoms with Gasteiger partial charge in [0.05, 0.1) is 11.1 Å². The number of fused-ring (bicyclic) bond motifs is 1. The van der Waals surface area contributed by atoms with Crippen LogP contribution < -0.4 is 5.43 Å². The number of hydrogen-bond donors (Lipinski definition) is 2. The molecule has 0 saturated heterocycles. The molecule has 8 heteroatoms. The Morgan fingerprint density at radius 2 is 2.12 bits per heavy atom. The number of hydrogen-bond acceptors (Lipinski definition) is 4. The number of nitrogens with one attached hydrogen (secondary N) is 2. The maximum Gasteiger partial charge on any atom is 0.288 e. The van der Waals surface area contributed by atoms with Gasteiger partial charge >= 0.3 is 0 Å². The van der Waals surface area contributed by atoms with Crippen LogP contribution in [0.5, 0.6) is 0 Å². The van der Waals surface area contributed by atoms with Crippen molar-refractivity contribution in [1.82, 2.24) is 10.4 Å². The number of nitrogens with zero attached hydrogens (tertiary/aromatic N) is 2. The molecule has 2 aromatic carbocycles. The molecule has 126 valence electrons. The lowest BCUT2D eigenvalue weighted by Crippen LogP contribution is -2.18. The van der Waals surface area contributed by atoms with Crippen molar-refractivity contribution in [1.29, 1.82) is 0 Å². The topological polar surface area (TPSA) is 100 Å². The Morgan fingerprint density at radius 1 is 1.32 bits per heavy atom. The van der Waals surface area contributed by atoms with Gasteiger partial charge in [-0.3, -0.25) is 14.9 Å². The molecule has 1 heterocycles. The molecule has 0 fully saturated rings. The first kappa shape index (κ1) is 16.7. The third kappa shape index (κ3) is 3.51. The second kappa shape index (κ2) is 6.74. The normalized spacial score (nSPS) is 11.1. The van der Waals surface area contributed by atoms with E-state index >= 15 is 0 Å². The number of nitro benzene ring substituents is 1. The monoisotopic (exact) mass is 356 g/mol. The van der Waals surface area contributed by atoms with Crippen molar-refractivity contribution >= 4 is 40.3 Å². The van der Waals surface area contributed by atoms with E-state index < -0.39 is 10.8 Å². The molecular weight excluding hydrogens is 344 g/mol. The number of non-ortho nitro benzene ring substituents is 1. The van der Waals surface area contributed by atoms with Crippen LogP contribution in [0.3, 0.4) is 0 Å². The molecule has 0 spiro atoms. The fourth-order valence-electron chi connectivity index (χ4n) is 2.47. The smallest absolute Gasteiger partial charge is 0.288 e. The van der Waals surface area contributed by atoms with Gasteiger partial charge in [0, 0.05) is 33.6 Å². The van der Waals surface area contributed by atoms with Gasteiger partial charge in [-0.1, -0.05) is 23.7 Å². The molecule has 0 bridgehead atoms. The Morgan fingerprint density at radius 3 is 2.88 bits per heavy atom. The largest absolute Gasteiger partial charge is 0.350 e. The lowest BCUT2D eigenvalue weighted by molar-refractivity contribution is -0.384. The molecule has 25 heavy (non-hydrogen) atoms. The average molecular weight is 357 g/mol. The summed E-state index contributed by atoms with van der Waals surface area (Å²) in [5.74, 6) is -0.411. The minimum Gasteiger partial charge on any atom is -0.350 e. The fraction of sp³-hybridized carbons (Fsp3) is 0.0588. The highest BCUT2D eigenvalue weighted by molar-refractivity contribution is 6.31. The lowest BCUT2D eigenvalue weighted by Gasteiger charge is -1.99. The maximum atomic E-state index is 12.3. The first-order valence-corrected chi connectivity index (χ1v) is 7.69. The molecule has 0 atom stereocenters. The number of halogens is 1. The van der Waals surface area contributed by atoms with Crippen LogP contribution in [-0.2, 0) is 0 Å². The van der Waals surface area contributed by atoms with Gasteiger partial charge in [-0.25, -0.2) is 5.43 Å². The molecular formula is C17H13ClN4O3. The first-order chi connectivity index (χ1) is 12.0. The number of nitro groups is 1. The number of amides is 1. The number of aryl methyl sites for hydroxylation is 1. The standard InChI is InChI=1S/C17H13ClN4O3/c1-10-14-8-12(18)5-6-15(14)20-16(10)17(23)21-19-9-11-3-2-4-13(7-11)22(24)25/h2-9,20H,1H3,(H,21,23). The third-order valence-corrected chi connectivity index (χ3v) is 3.94. The number of rotatable bonds is 4. The molecule has 1 aromatic heterocycles. The third-order valence-electron chi connectivity index (χ3n) is 3.71. The Hall–Kier alpha value is -3.19. The van der Waals surface area contributed by atoms with Gasteiger partial charge in [0.15, 0.2) is 0 Å². The predicted octanol–water partition coefficient (Wildman–Crippen LogP) is 3.80. The van der Waals surface area contributed by atoms with Gasteiger partial charge in [-0.15, -0.1) is 0 Å². The van der Waals surface area contributed by atoms with Crippen LogP contribution in [0.2, 0.25) is 5.02 Å². The van der Waals surface area contributed by atoms with Gasteiger partial charge in [0.25, 0.3) is 11.6 Å². The van der Waals surface area contributed by atoms with E-state index in [2.05, 4.69) is 15.5 Å². The number of carbonyl (C=O) groups is 1. The molecule has 3 aromatic rings. The molecule has 0 radical (unpaired) electrons. The molecule has 0 aliphatic heterocycles. The van der Waals surface area contributed by atoms with Crippen molar-refractivity contribution in [2.75, 3.05) is 0 Å². The minimum atomic E-state index is -0.491. The Bertz CT molecular complexity index is 1010. The molecule has 0 aliphatic rings. The summed E-state index contributed by atoms with van der Waals surface area (Å²) in [7, 11) is 0. The fourth-order valence-corrected chi connectivity index (χ4v) is 2.64. The number of benzene rings is 2. The Kier molecular flexibility index (Phi) is 4.49. The molecule has 2 N–H and O–H groups in total. The highest BCUT2D eigenvalue weighted by Gasteiger charge is 2.14. The van der Waals surface area contributed by atoms with E-state index in [0.29, 0.717) is 16.3 Å². The number of aromatic nitrogens is 1. The van der Waals surface area contributed by atoms with Gasteiger partial charge in [0.1, 0.15) is 5.69 Å². The van der Waals surface area contributed by atoms with E-state index in [-0.39, 0.29) is 5.69 Å². The number of H-pyrrole nitrogens is 1. The van der Waals surface area contributed by atoms with Crippen molar-refractivity contribution in [2.45, 2.75) is 6.92 Å². The van der Waals surface area contributed by atoms with E-state index in [9.17, 15) is 14.9 Å². The summed E-state index contributed by atoms with van der Waals surface area (Å²) in [6, 6.07) is 11.3.